The maximum absolute atomic E-state index is 13.8. The molecule has 2 aromatic carbocycles. The van der Waals surface area contributed by atoms with E-state index in [9.17, 15) is 18.0 Å². The van der Waals surface area contributed by atoms with Crippen molar-refractivity contribution >= 4 is 32.6 Å². The van der Waals surface area contributed by atoms with E-state index in [1.165, 1.54) is 29.5 Å². The molecule has 1 aliphatic rings. The van der Waals surface area contributed by atoms with Gasteiger partial charge in [-0.3, -0.25) is 4.79 Å². The molecule has 1 heterocycles. The summed E-state index contributed by atoms with van der Waals surface area (Å²) in [5, 5.41) is 6.62. The Morgan fingerprint density at radius 2 is 1.81 bits per heavy atom. The van der Waals surface area contributed by atoms with Gasteiger partial charge in [0.2, 0.25) is 0 Å². The van der Waals surface area contributed by atoms with Gasteiger partial charge in [0, 0.05) is 12.1 Å². The molecule has 0 aliphatic heterocycles. The second kappa shape index (κ2) is 7.19. The molecule has 1 fully saturated rings. The van der Waals surface area contributed by atoms with E-state index < -0.39 is 23.1 Å². The molecule has 27 heavy (non-hydrogen) atoms. The van der Waals surface area contributed by atoms with Gasteiger partial charge in [0.25, 0.3) is 5.91 Å². The quantitative estimate of drug-likeness (QED) is 0.690. The van der Waals surface area contributed by atoms with Crippen LogP contribution in [0.3, 0.4) is 0 Å². The summed E-state index contributed by atoms with van der Waals surface area (Å²) in [6, 6.07) is 7.33. The largest absolute Gasteiger partial charge is 0.357 e. The third-order valence-corrected chi connectivity index (χ3v) is 5.63. The molecule has 1 saturated carbocycles. The van der Waals surface area contributed by atoms with Crippen molar-refractivity contribution in [2.24, 2.45) is 0 Å². The number of nitrogens with zero attached hydrogens (tertiary/aromatic N) is 1. The number of hydrogen-bond donors (Lipinski definition) is 2. The SMILES string of the molecule is O=C(NC1CCCC1Nc1nc2ccc(F)cc2s1)c1c(F)cccc1F. The zero-order chi connectivity index (χ0) is 19.0. The number of anilines is 1. The van der Waals surface area contributed by atoms with Crippen molar-refractivity contribution in [3.05, 3.63) is 59.4 Å². The van der Waals surface area contributed by atoms with Crippen LogP contribution >= 0.6 is 11.3 Å². The summed E-state index contributed by atoms with van der Waals surface area (Å²) in [5.41, 5.74) is 0.120. The van der Waals surface area contributed by atoms with Crippen molar-refractivity contribution in [2.75, 3.05) is 5.32 Å². The summed E-state index contributed by atoms with van der Waals surface area (Å²) in [5.74, 6) is -2.86. The number of benzene rings is 2. The van der Waals surface area contributed by atoms with E-state index in [-0.39, 0.29) is 17.9 Å². The number of carbonyl (C=O) groups excluding carboxylic acids is 1. The first kappa shape index (κ1) is 17.8. The second-order valence-corrected chi connectivity index (χ2v) is 7.52. The molecular formula is C19H16F3N3OS. The fraction of sp³-hybridized carbons (Fsp3) is 0.263. The van der Waals surface area contributed by atoms with Crippen LogP contribution in [0, 0.1) is 17.5 Å². The third kappa shape index (κ3) is 3.62. The lowest BCUT2D eigenvalue weighted by Gasteiger charge is -2.22. The molecule has 1 aromatic heterocycles. The van der Waals surface area contributed by atoms with Gasteiger partial charge < -0.3 is 10.6 Å². The van der Waals surface area contributed by atoms with Crippen LogP contribution in [0.25, 0.3) is 10.2 Å². The predicted octanol–water partition coefficient (Wildman–Crippen LogP) is 4.48. The molecule has 0 radical (unpaired) electrons. The first-order chi connectivity index (χ1) is 13.0. The lowest BCUT2D eigenvalue weighted by Crippen LogP contribution is -2.43. The fourth-order valence-electron chi connectivity index (χ4n) is 3.38. The van der Waals surface area contributed by atoms with E-state index in [2.05, 4.69) is 15.6 Å². The molecule has 140 valence electrons. The highest BCUT2D eigenvalue weighted by Crippen LogP contribution is 2.30. The van der Waals surface area contributed by atoms with Gasteiger partial charge in [0.15, 0.2) is 5.13 Å². The monoisotopic (exact) mass is 391 g/mol. The number of rotatable bonds is 4. The average molecular weight is 391 g/mol. The molecule has 2 atom stereocenters. The Morgan fingerprint density at radius 3 is 2.59 bits per heavy atom. The molecule has 2 N–H and O–H groups in total. The van der Waals surface area contributed by atoms with Gasteiger partial charge in [0.1, 0.15) is 23.0 Å². The van der Waals surface area contributed by atoms with Gasteiger partial charge in [-0.1, -0.05) is 17.4 Å². The zero-order valence-electron chi connectivity index (χ0n) is 14.1. The Morgan fingerprint density at radius 1 is 1.07 bits per heavy atom. The van der Waals surface area contributed by atoms with Crippen LogP contribution in [0.2, 0.25) is 0 Å². The summed E-state index contributed by atoms with van der Waals surface area (Å²) in [6.07, 6.45) is 2.34. The Hall–Kier alpha value is -2.61. The lowest BCUT2D eigenvalue weighted by molar-refractivity contribution is 0.0927. The molecule has 2 unspecified atom stereocenters. The Labute approximate surface area is 157 Å². The maximum Gasteiger partial charge on any atom is 0.257 e. The second-order valence-electron chi connectivity index (χ2n) is 6.49. The highest BCUT2D eigenvalue weighted by molar-refractivity contribution is 7.22. The van der Waals surface area contributed by atoms with Crippen LogP contribution in [0.4, 0.5) is 18.3 Å². The Bertz CT molecular complexity index is 987. The van der Waals surface area contributed by atoms with Crippen molar-refractivity contribution < 1.29 is 18.0 Å². The summed E-state index contributed by atoms with van der Waals surface area (Å²) in [4.78, 5) is 16.8. The Kier molecular flexibility index (Phi) is 4.73. The number of aromatic nitrogens is 1. The van der Waals surface area contributed by atoms with E-state index in [0.717, 1.165) is 29.7 Å². The van der Waals surface area contributed by atoms with E-state index >= 15 is 0 Å². The molecule has 0 saturated heterocycles. The van der Waals surface area contributed by atoms with E-state index in [1.807, 2.05) is 0 Å². The van der Waals surface area contributed by atoms with Gasteiger partial charge in [-0.25, -0.2) is 18.2 Å². The van der Waals surface area contributed by atoms with Gasteiger partial charge in [-0.15, -0.1) is 0 Å². The van der Waals surface area contributed by atoms with E-state index in [0.29, 0.717) is 17.1 Å². The number of carbonyl (C=O) groups is 1. The van der Waals surface area contributed by atoms with Crippen LogP contribution in [0.5, 0.6) is 0 Å². The van der Waals surface area contributed by atoms with Crippen molar-refractivity contribution in [1.29, 1.82) is 0 Å². The molecule has 1 aliphatic carbocycles. The summed E-state index contributed by atoms with van der Waals surface area (Å²) in [6.45, 7) is 0. The molecule has 4 nitrogen and oxygen atoms in total. The van der Waals surface area contributed by atoms with Crippen LogP contribution < -0.4 is 10.6 Å². The molecule has 8 heteroatoms. The number of halogens is 3. The van der Waals surface area contributed by atoms with Gasteiger partial charge in [-0.05, 0) is 49.6 Å². The fourth-order valence-corrected chi connectivity index (χ4v) is 4.33. The lowest BCUT2D eigenvalue weighted by atomic mass is 10.1. The van der Waals surface area contributed by atoms with Crippen LogP contribution in [0.1, 0.15) is 29.6 Å². The van der Waals surface area contributed by atoms with Crippen LogP contribution in [0.15, 0.2) is 36.4 Å². The number of fused-ring (bicyclic) bond motifs is 1. The van der Waals surface area contributed by atoms with Gasteiger partial charge in [-0.2, -0.15) is 0 Å². The number of hydrogen-bond acceptors (Lipinski definition) is 4. The highest BCUT2D eigenvalue weighted by atomic mass is 32.1. The highest BCUT2D eigenvalue weighted by Gasteiger charge is 2.31. The zero-order valence-corrected chi connectivity index (χ0v) is 15.0. The van der Waals surface area contributed by atoms with Gasteiger partial charge in [0.05, 0.1) is 10.2 Å². The standard InChI is InChI=1S/C19H16F3N3OS/c20-10-7-8-15-16(9-10)27-19(25-15)24-14-6-2-5-13(14)23-18(26)17-11(21)3-1-4-12(17)22/h1,3-4,7-9,13-14H,2,5-6H2,(H,23,26)(H,24,25). The molecule has 1 amide bonds. The van der Waals surface area contributed by atoms with Crippen molar-refractivity contribution in [1.82, 2.24) is 10.3 Å². The predicted molar refractivity (Wildman–Crippen MR) is 98.5 cm³/mol. The molecule has 0 spiro atoms. The van der Waals surface area contributed by atoms with E-state index in [1.54, 1.807) is 6.07 Å². The summed E-state index contributed by atoms with van der Waals surface area (Å²) >= 11 is 1.33. The van der Waals surface area contributed by atoms with Crippen LogP contribution in [-0.2, 0) is 0 Å². The first-order valence-corrected chi connectivity index (χ1v) is 9.40. The normalized spacial score (nSPS) is 19.4. The first-order valence-electron chi connectivity index (χ1n) is 8.59. The van der Waals surface area contributed by atoms with Crippen molar-refractivity contribution in [3.63, 3.8) is 0 Å². The number of thiazole rings is 1. The minimum atomic E-state index is -0.886. The minimum absolute atomic E-state index is 0.116. The number of amides is 1. The molecule has 0 bridgehead atoms. The van der Waals surface area contributed by atoms with Crippen molar-refractivity contribution in [2.45, 2.75) is 31.3 Å². The van der Waals surface area contributed by atoms with E-state index in [4.69, 9.17) is 0 Å². The maximum atomic E-state index is 13.8. The molecule has 4 rings (SSSR count). The number of nitrogens with one attached hydrogen (secondary N) is 2. The smallest absolute Gasteiger partial charge is 0.257 e. The molecule has 3 aromatic rings. The van der Waals surface area contributed by atoms with Gasteiger partial charge >= 0.3 is 0 Å². The Balaban J connectivity index is 1.49. The van der Waals surface area contributed by atoms with Crippen molar-refractivity contribution in [3.8, 4) is 0 Å². The third-order valence-electron chi connectivity index (χ3n) is 4.68. The summed E-state index contributed by atoms with van der Waals surface area (Å²) < 4.78 is 41.7. The molecular weight excluding hydrogens is 375 g/mol. The summed E-state index contributed by atoms with van der Waals surface area (Å²) in [7, 11) is 0. The van der Waals surface area contributed by atoms with Crippen LogP contribution in [-0.4, -0.2) is 23.0 Å². The minimum Gasteiger partial charge on any atom is -0.357 e. The topological polar surface area (TPSA) is 54.0 Å². The average Bonchev–Trinajstić information content (AvgIpc) is 3.21.